The maximum Gasteiger partial charge on any atom is 0.138 e. The zero-order chi connectivity index (χ0) is 11.6. The average Bonchev–Trinajstić information content (AvgIpc) is 2.21. The maximum absolute atomic E-state index is 9.12. The van der Waals surface area contributed by atoms with Crippen LogP contribution in [-0.2, 0) is 0 Å². The molecule has 0 aromatic heterocycles. The first-order valence-corrected chi connectivity index (χ1v) is 5.52. The summed E-state index contributed by atoms with van der Waals surface area (Å²) >= 11 is 3.43. The fourth-order valence-electron chi connectivity index (χ4n) is 1.62. The summed E-state index contributed by atoms with van der Waals surface area (Å²) in [6, 6.07) is 1.58. The van der Waals surface area contributed by atoms with E-state index < -0.39 is 6.04 Å². The van der Waals surface area contributed by atoms with Gasteiger partial charge in [0.1, 0.15) is 5.75 Å². The molecule has 0 bridgehead atoms. The fourth-order valence-corrected chi connectivity index (χ4v) is 2.34. The van der Waals surface area contributed by atoms with Crippen LogP contribution in [-0.4, -0.2) is 18.8 Å². The Morgan fingerprint density at radius 2 is 2.13 bits per heavy atom. The summed E-state index contributed by atoms with van der Waals surface area (Å²) < 4.78 is 6.16. The zero-order valence-corrected chi connectivity index (χ0v) is 10.8. The lowest BCUT2D eigenvalue weighted by Crippen LogP contribution is -2.17. The topological polar surface area (TPSA) is 55.5 Å². The standard InChI is InChI=1S/C11H16BrNO2/c1-6-4-8(12)11(15-3)10(7(6)2)9(13)5-14/h4,9,14H,5,13H2,1-3H3. The number of aliphatic hydroxyl groups is 1. The predicted octanol–water partition coefficient (Wildman–Crippen LogP) is 2.07. The number of nitrogens with two attached hydrogens (primary N) is 1. The molecule has 0 amide bonds. The number of benzene rings is 1. The Bertz CT molecular complexity index is 366. The van der Waals surface area contributed by atoms with Gasteiger partial charge in [-0.25, -0.2) is 0 Å². The van der Waals surface area contributed by atoms with Crippen molar-refractivity contribution in [2.24, 2.45) is 5.73 Å². The van der Waals surface area contributed by atoms with Gasteiger partial charge >= 0.3 is 0 Å². The molecule has 0 saturated carbocycles. The van der Waals surface area contributed by atoms with Crippen molar-refractivity contribution >= 4 is 15.9 Å². The molecule has 1 unspecified atom stereocenters. The number of halogens is 1. The number of hydrogen-bond donors (Lipinski definition) is 2. The van der Waals surface area contributed by atoms with E-state index in [-0.39, 0.29) is 6.61 Å². The first-order chi connectivity index (χ1) is 7.02. The summed E-state index contributed by atoms with van der Waals surface area (Å²) in [5.74, 6) is 0.708. The van der Waals surface area contributed by atoms with E-state index in [1.165, 1.54) is 0 Å². The first kappa shape index (κ1) is 12.5. The molecule has 0 spiro atoms. The van der Waals surface area contributed by atoms with Crippen molar-refractivity contribution < 1.29 is 9.84 Å². The lowest BCUT2D eigenvalue weighted by atomic mass is 9.97. The highest BCUT2D eigenvalue weighted by atomic mass is 79.9. The van der Waals surface area contributed by atoms with Crippen LogP contribution in [0, 0.1) is 13.8 Å². The van der Waals surface area contributed by atoms with Crippen molar-refractivity contribution in [3.63, 3.8) is 0 Å². The van der Waals surface area contributed by atoms with E-state index in [2.05, 4.69) is 15.9 Å². The van der Waals surface area contributed by atoms with E-state index in [4.69, 9.17) is 15.6 Å². The average molecular weight is 274 g/mol. The predicted molar refractivity (Wildman–Crippen MR) is 64.2 cm³/mol. The first-order valence-electron chi connectivity index (χ1n) is 4.73. The SMILES string of the molecule is COc1c(Br)cc(C)c(C)c1C(N)CO. The van der Waals surface area contributed by atoms with E-state index in [1.807, 2.05) is 19.9 Å². The van der Waals surface area contributed by atoms with Gasteiger partial charge in [0.2, 0.25) is 0 Å². The molecular formula is C11H16BrNO2. The Morgan fingerprint density at radius 1 is 1.53 bits per heavy atom. The fraction of sp³-hybridized carbons (Fsp3) is 0.455. The highest BCUT2D eigenvalue weighted by molar-refractivity contribution is 9.10. The Hall–Kier alpha value is -0.580. The van der Waals surface area contributed by atoms with Gasteiger partial charge in [0.15, 0.2) is 0 Å². The Morgan fingerprint density at radius 3 is 2.60 bits per heavy atom. The van der Waals surface area contributed by atoms with Crippen LogP contribution < -0.4 is 10.5 Å². The molecule has 0 aliphatic carbocycles. The summed E-state index contributed by atoms with van der Waals surface area (Å²) in [6.07, 6.45) is 0. The molecule has 0 fully saturated rings. The molecule has 3 N–H and O–H groups in total. The summed E-state index contributed by atoms with van der Waals surface area (Å²) in [5, 5.41) is 9.12. The van der Waals surface area contributed by atoms with Crippen molar-refractivity contribution in [3.8, 4) is 5.75 Å². The molecule has 0 radical (unpaired) electrons. The molecule has 0 heterocycles. The number of hydrogen-bond acceptors (Lipinski definition) is 3. The number of methoxy groups -OCH3 is 1. The minimum absolute atomic E-state index is 0.0902. The van der Waals surface area contributed by atoms with Gasteiger partial charge in [-0.2, -0.15) is 0 Å². The smallest absolute Gasteiger partial charge is 0.138 e. The van der Waals surface area contributed by atoms with Gasteiger partial charge < -0.3 is 15.6 Å². The molecule has 1 aromatic carbocycles. The van der Waals surface area contributed by atoms with Gasteiger partial charge in [-0.1, -0.05) is 0 Å². The van der Waals surface area contributed by atoms with Crippen molar-refractivity contribution in [1.29, 1.82) is 0 Å². The maximum atomic E-state index is 9.12. The quantitative estimate of drug-likeness (QED) is 0.887. The van der Waals surface area contributed by atoms with Crippen molar-refractivity contribution in [2.45, 2.75) is 19.9 Å². The van der Waals surface area contributed by atoms with Crippen LogP contribution in [0.3, 0.4) is 0 Å². The highest BCUT2D eigenvalue weighted by Crippen LogP contribution is 2.36. The monoisotopic (exact) mass is 273 g/mol. The molecule has 1 atom stereocenters. The van der Waals surface area contributed by atoms with Crippen LogP contribution in [0.2, 0.25) is 0 Å². The zero-order valence-electron chi connectivity index (χ0n) is 9.17. The number of aryl methyl sites for hydroxylation is 1. The molecule has 15 heavy (non-hydrogen) atoms. The third-order valence-corrected chi connectivity index (χ3v) is 3.16. The molecule has 1 rings (SSSR count). The van der Waals surface area contributed by atoms with Gasteiger partial charge in [0.05, 0.1) is 24.2 Å². The molecule has 4 heteroatoms. The summed E-state index contributed by atoms with van der Waals surface area (Å²) in [5.41, 5.74) is 8.92. The Labute approximate surface area is 98.4 Å². The molecule has 0 saturated heterocycles. The van der Waals surface area contributed by atoms with Crippen molar-refractivity contribution in [2.75, 3.05) is 13.7 Å². The molecule has 84 valence electrons. The van der Waals surface area contributed by atoms with Crippen LogP contribution in [0.4, 0.5) is 0 Å². The van der Waals surface area contributed by atoms with Crippen LogP contribution in [0.5, 0.6) is 5.75 Å². The van der Waals surface area contributed by atoms with E-state index in [0.29, 0.717) is 5.75 Å². The third kappa shape index (κ3) is 2.33. The molecular weight excluding hydrogens is 258 g/mol. The summed E-state index contributed by atoms with van der Waals surface area (Å²) in [7, 11) is 1.60. The molecule has 1 aromatic rings. The largest absolute Gasteiger partial charge is 0.495 e. The Balaban J connectivity index is 3.43. The summed E-state index contributed by atoms with van der Waals surface area (Å²) in [4.78, 5) is 0. The van der Waals surface area contributed by atoms with Crippen molar-refractivity contribution in [1.82, 2.24) is 0 Å². The van der Waals surface area contributed by atoms with Crippen LogP contribution in [0.1, 0.15) is 22.7 Å². The normalized spacial score (nSPS) is 12.7. The second kappa shape index (κ2) is 4.96. The second-order valence-electron chi connectivity index (χ2n) is 3.54. The minimum atomic E-state index is -0.406. The van der Waals surface area contributed by atoms with E-state index >= 15 is 0 Å². The minimum Gasteiger partial charge on any atom is -0.495 e. The number of rotatable bonds is 3. The van der Waals surface area contributed by atoms with Gasteiger partial charge in [0, 0.05) is 5.56 Å². The molecule has 0 aliphatic heterocycles. The highest BCUT2D eigenvalue weighted by Gasteiger charge is 2.18. The van der Waals surface area contributed by atoms with Gasteiger partial charge in [-0.3, -0.25) is 0 Å². The number of ether oxygens (including phenoxy) is 1. The molecule has 0 aliphatic rings. The lowest BCUT2D eigenvalue weighted by Gasteiger charge is -2.19. The Kier molecular flexibility index (Phi) is 4.13. The van der Waals surface area contributed by atoms with Gasteiger partial charge in [-0.05, 0) is 47.0 Å². The van der Waals surface area contributed by atoms with Gasteiger partial charge in [0.25, 0.3) is 0 Å². The third-order valence-electron chi connectivity index (χ3n) is 2.57. The molecule has 3 nitrogen and oxygen atoms in total. The lowest BCUT2D eigenvalue weighted by molar-refractivity contribution is 0.264. The number of aliphatic hydroxyl groups excluding tert-OH is 1. The van der Waals surface area contributed by atoms with Crippen LogP contribution >= 0.6 is 15.9 Å². The van der Waals surface area contributed by atoms with E-state index in [9.17, 15) is 0 Å². The van der Waals surface area contributed by atoms with E-state index in [1.54, 1.807) is 7.11 Å². The van der Waals surface area contributed by atoms with Crippen molar-refractivity contribution in [3.05, 3.63) is 27.2 Å². The van der Waals surface area contributed by atoms with Gasteiger partial charge in [-0.15, -0.1) is 0 Å². The second-order valence-corrected chi connectivity index (χ2v) is 4.39. The van der Waals surface area contributed by atoms with Crippen LogP contribution in [0.25, 0.3) is 0 Å². The van der Waals surface area contributed by atoms with Crippen LogP contribution in [0.15, 0.2) is 10.5 Å². The van der Waals surface area contributed by atoms with E-state index in [0.717, 1.165) is 21.2 Å². The summed E-state index contributed by atoms with van der Waals surface area (Å²) in [6.45, 7) is 3.90.